The lowest BCUT2D eigenvalue weighted by Crippen LogP contribution is -2.51. The van der Waals surface area contributed by atoms with Crippen molar-refractivity contribution in [2.45, 2.75) is 39.7 Å². The summed E-state index contributed by atoms with van der Waals surface area (Å²) in [5, 5.41) is 0. The van der Waals surface area contributed by atoms with Crippen LogP contribution in [0.4, 0.5) is 0 Å². The van der Waals surface area contributed by atoms with E-state index < -0.39 is 0 Å². The smallest absolute Gasteiger partial charge is 0.208 e. The van der Waals surface area contributed by atoms with Crippen LogP contribution in [-0.2, 0) is 0 Å². The van der Waals surface area contributed by atoms with Gasteiger partial charge in [-0.1, -0.05) is 13.3 Å². The second kappa shape index (κ2) is 9.24. The molecule has 0 aromatic rings. The van der Waals surface area contributed by atoms with Gasteiger partial charge in [-0.2, -0.15) is 0 Å². The number of aliphatic imine (C=N–C) groups is 1. The Morgan fingerprint density at radius 3 is 2.41 bits per heavy atom. The first-order valence-corrected chi connectivity index (χ1v) is 6.49. The van der Waals surface area contributed by atoms with Gasteiger partial charge in [0.2, 0.25) is 5.96 Å². The quantitative estimate of drug-likeness (QED) is 0.229. The zero-order chi connectivity index (χ0) is 13.3. The Morgan fingerprint density at radius 2 is 2.00 bits per heavy atom. The maximum Gasteiger partial charge on any atom is 0.208 e. The van der Waals surface area contributed by atoms with Gasteiger partial charge in [0.1, 0.15) is 0 Å². The van der Waals surface area contributed by atoms with Crippen molar-refractivity contribution in [1.82, 2.24) is 15.2 Å². The van der Waals surface area contributed by atoms with Crippen molar-refractivity contribution in [3.63, 3.8) is 0 Å². The first-order chi connectivity index (χ1) is 8.06. The lowest BCUT2D eigenvalue weighted by molar-refractivity contribution is 0.258. The number of nitrogens with two attached hydrogens (primary N) is 1. The fraction of sp³-hybridized carbons (Fsp3) is 0.917. The number of guanidine groups is 1. The lowest BCUT2D eigenvalue weighted by Gasteiger charge is -2.32. The highest BCUT2D eigenvalue weighted by Gasteiger charge is 2.16. The molecule has 0 radical (unpaired) electrons. The van der Waals surface area contributed by atoms with E-state index in [9.17, 15) is 0 Å². The molecule has 0 aliphatic heterocycles. The van der Waals surface area contributed by atoms with E-state index in [0.29, 0.717) is 6.04 Å². The molecule has 3 N–H and O–H groups in total. The van der Waals surface area contributed by atoms with Gasteiger partial charge in [-0.15, -0.1) is 0 Å². The molecule has 102 valence electrons. The van der Waals surface area contributed by atoms with Gasteiger partial charge in [0.25, 0.3) is 0 Å². The number of hydrazine groups is 1. The third kappa shape index (κ3) is 6.48. The molecule has 0 bridgehead atoms. The molecule has 0 amide bonds. The average Bonchev–Trinajstić information content (AvgIpc) is 2.27. The Bertz CT molecular complexity index is 215. The third-order valence-corrected chi connectivity index (χ3v) is 2.68. The minimum atomic E-state index is 0.395. The predicted octanol–water partition coefficient (Wildman–Crippen LogP) is 0.878. The van der Waals surface area contributed by atoms with Crippen LogP contribution in [0.25, 0.3) is 0 Å². The molecule has 0 saturated heterocycles. The molecular weight excluding hydrogens is 214 g/mol. The minimum Gasteiger partial charge on any atom is -0.338 e. The summed E-state index contributed by atoms with van der Waals surface area (Å²) in [6, 6.07) is 0.395. The molecular formula is C12H29N5. The van der Waals surface area contributed by atoms with E-state index in [0.717, 1.165) is 38.4 Å². The number of unbranched alkanes of at least 4 members (excludes halogenated alkanes) is 1. The van der Waals surface area contributed by atoms with Crippen LogP contribution < -0.4 is 11.3 Å². The summed E-state index contributed by atoms with van der Waals surface area (Å²) in [5.74, 6) is 6.37. The molecule has 0 heterocycles. The summed E-state index contributed by atoms with van der Waals surface area (Å²) < 4.78 is 0. The van der Waals surface area contributed by atoms with Gasteiger partial charge >= 0.3 is 0 Å². The Morgan fingerprint density at radius 1 is 1.35 bits per heavy atom. The van der Waals surface area contributed by atoms with Crippen molar-refractivity contribution < 1.29 is 0 Å². The summed E-state index contributed by atoms with van der Waals surface area (Å²) in [6.45, 7) is 9.21. The van der Waals surface area contributed by atoms with Crippen molar-refractivity contribution in [3.8, 4) is 0 Å². The van der Waals surface area contributed by atoms with Gasteiger partial charge in [-0.05, 0) is 34.4 Å². The van der Waals surface area contributed by atoms with Gasteiger partial charge in [0.05, 0.1) is 0 Å². The fourth-order valence-electron chi connectivity index (χ4n) is 1.86. The van der Waals surface area contributed by atoms with E-state index in [1.807, 2.05) is 0 Å². The standard InChI is InChI=1S/C12H29N5/c1-6-8-9-14-12(15-13)17(7-2)11(3)10-16(4)5/h11H,6-10,13H2,1-5H3,(H,14,15). The van der Waals surface area contributed by atoms with E-state index in [2.05, 4.69) is 55.1 Å². The lowest BCUT2D eigenvalue weighted by atomic mass is 10.2. The van der Waals surface area contributed by atoms with Gasteiger partial charge in [-0.25, -0.2) is 5.84 Å². The Hall–Kier alpha value is -0.810. The first kappa shape index (κ1) is 16.2. The second-order valence-corrected chi connectivity index (χ2v) is 4.60. The largest absolute Gasteiger partial charge is 0.338 e. The molecule has 5 heteroatoms. The zero-order valence-electron chi connectivity index (χ0n) is 12.0. The number of nitrogens with one attached hydrogen (secondary N) is 1. The van der Waals surface area contributed by atoms with Gasteiger partial charge in [-0.3, -0.25) is 10.4 Å². The van der Waals surface area contributed by atoms with E-state index >= 15 is 0 Å². The summed E-state index contributed by atoms with van der Waals surface area (Å²) in [4.78, 5) is 8.90. The maximum absolute atomic E-state index is 5.56. The highest BCUT2D eigenvalue weighted by Crippen LogP contribution is 2.01. The normalized spacial score (nSPS) is 13.9. The molecule has 1 unspecified atom stereocenters. The second-order valence-electron chi connectivity index (χ2n) is 4.60. The fourth-order valence-corrected chi connectivity index (χ4v) is 1.86. The predicted molar refractivity (Wildman–Crippen MR) is 74.9 cm³/mol. The van der Waals surface area contributed by atoms with Crippen molar-refractivity contribution >= 4 is 5.96 Å². The number of nitrogens with zero attached hydrogens (tertiary/aromatic N) is 3. The van der Waals surface area contributed by atoms with Crippen LogP contribution in [0.5, 0.6) is 0 Å². The van der Waals surface area contributed by atoms with Crippen LogP contribution in [0.3, 0.4) is 0 Å². The summed E-state index contributed by atoms with van der Waals surface area (Å²) in [5.41, 5.74) is 2.72. The Kier molecular flexibility index (Phi) is 8.80. The van der Waals surface area contributed by atoms with Crippen LogP contribution >= 0.6 is 0 Å². The van der Waals surface area contributed by atoms with Crippen molar-refractivity contribution in [1.29, 1.82) is 0 Å². The number of likely N-dealkylation sites (N-methyl/N-ethyl adjacent to an activating group) is 2. The maximum atomic E-state index is 5.56. The van der Waals surface area contributed by atoms with Crippen LogP contribution in [0, 0.1) is 0 Å². The topological polar surface area (TPSA) is 56.9 Å². The van der Waals surface area contributed by atoms with Crippen LogP contribution in [0.15, 0.2) is 4.99 Å². The SMILES string of the molecule is CCCCN=C(NN)N(CC)C(C)CN(C)C. The molecule has 5 nitrogen and oxygen atoms in total. The van der Waals surface area contributed by atoms with E-state index in [1.54, 1.807) is 0 Å². The molecule has 0 aliphatic carbocycles. The minimum absolute atomic E-state index is 0.395. The molecule has 0 spiro atoms. The molecule has 0 rings (SSSR count). The molecule has 0 aromatic heterocycles. The Balaban J connectivity index is 4.51. The average molecular weight is 243 g/mol. The molecule has 0 saturated carbocycles. The summed E-state index contributed by atoms with van der Waals surface area (Å²) in [7, 11) is 4.15. The number of hydrogen-bond donors (Lipinski definition) is 2. The highest BCUT2D eigenvalue weighted by atomic mass is 15.4. The Labute approximate surface area is 106 Å². The summed E-state index contributed by atoms with van der Waals surface area (Å²) in [6.07, 6.45) is 2.26. The third-order valence-electron chi connectivity index (χ3n) is 2.68. The van der Waals surface area contributed by atoms with Gasteiger partial charge in [0, 0.05) is 25.7 Å². The highest BCUT2D eigenvalue weighted by molar-refractivity contribution is 5.79. The van der Waals surface area contributed by atoms with E-state index in [-0.39, 0.29) is 0 Å². The number of rotatable bonds is 7. The van der Waals surface area contributed by atoms with Gasteiger partial charge in [0.15, 0.2) is 0 Å². The van der Waals surface area contributed by atoms with Crippen molar-refractivity contribution in [2.75, 3.05) is 33.7 Å². The molecule has 0 aliphatic rings. The van der Waals surface area contributed by atoms with Gasteiger partial charge < -0.3 is 9.80 Å². The van der Waals surface area contributed by atoms with Crippen LogP contribution in [0.1, 0.15) is 33.6 Å². The monoisotopic (exact) mass is 243 g/mol. The summed E-state index contributed by atoms with van der Waals surface area (Å²) >= 11 is 0. The molecule has 0 fully saturated rings. The van der Waals surface area contributed by atoms with Crippen LogP contribution in [0.2, 0.25) is 0 Å². The van der Waals surface area contributed by atoms with Crippen LogP contribution in [-0.4, -0.2) is 55.5 Å². The first-order valence-electron chi connectivity index (χ1n) is 6.49. The zero-order valence-corrected chi connectivity index (χ0v) is 12.0. The van der Waals surface area contributed by atoms with Crippen molar-refractivity contribution in [2.24, 2.45) is 10.8 Å². The molecule has 17 heavy (non-hydrogen) atoms. The number of hydrogen-bond acceptors (Lipinski definition) is 3. The molecule has 0 aromatic carbocycles. The molecule has 1 atom stereocenters. The van der Waals surface area contributed by atoms with E-state index in [1.165, 1.54) is 0 Å². The van der Waals surface area contributed by atoms with Crippen molar-refractivity contribution in [3.05, 3.63) is 0 Å². The van der Waals surface area contributed by atoms with E-state index in [4.69, 9.17) is 5.84 Å².